The number of nitrogen functional groups attached to an aromatic ring is 1. The number of hydrogen-bond donors (Lipinski definition) is 2. The average Bonchev–Trinajstić information content (AvgIpc) is 2.38. The maximum atomic E-state index is 5.69. The van der Waals surface area contributed by atoms with Crippen molar-refractivity contribution in [1.82, 2.24) is 4.98 Å². The van der Waals surface area contributed by atoms with E-state index in [9.17, 15) is 0 Å². The molecular formula is C14H19N3O. The highest BCUT2D eigenvalue weighted by atomic mass is 16.5. The molecule has 2 rings (SSSR count). The quantitative estimate of drug-likeness (QED) is 0.483. The summed E-state index contributed by atoms with van der Waals surface area (Å²) in [7, 11) is 0. The molecule has 0 amide bonds. The summed E-state index contributed by atoms with van der Waals surface area (Å²) in [5.74, 6) is 6.40. The van der Waals surface area contributed by atoms with E-state index in [0.29, 0.717) is 0 Å². The van der Waals surface area contributed by atoms with E-state index < -0.39 is 0 Å². The van der Waals surface area contributed by atoms with E-state index in [2.05, 4.69) is 17.3 Å². The Kier molecular flexibility index (Phi) is 3.99. The molecule has 96 valence electrons. The average molecular weight is 245 g/mol. The lowest BCUT2D eigenvalue weighted by Gasteiger charge is -2.10. The molecule has 0 bridgehead atoms. The van der Waals surface area contributed by atoms with Gasteiger partial charge < -0.3 is 10.2 Å². The van der Waals surface area contributed by atoms with Gasteiger partial charge in [-0.1, -0.05) is 13.3 Å². The topological polar surface area (TPSA) is 60.2 Å². The van der Waals surface area contributed by atoms with Crippen molar-refractivity contribution in [2.45, 2.75) is 26.7 Å². The number of nitrogens with one attached hydrogen (secondary N) is 1. The van der Waals surface area contributed by atoms with Crippen LogP contribution in [-0.4, -0.2) is 11.6 Å². The molecule has 0 radical (unpaired) electrons. The molecule has 18 heavy (non-hydrogen) atoms. The van der Waals surface area contributed by atoms with Gasteiger partial charge in [-0.25, -0.2) is 0 Å². The Hall–Kier alpha value is -1.81. The van der Waals surface area contributed by atoms with E-state index in [0.717, 1.165) is 47.5 Å². The van der Waals surface area contributed by atoms with Crippen LogP contribution in [0.1, 0.15) is 25.5 Å². The molecule has 0 atom stereocenters. The molecule has 4 heteroatoms. The van der Waals surface area contributed by atoms with Crippen LogP contribution in [0.2, 0.25) is 0 Å². The number of nitrogens with zero attached hydrogens (tertiary/aromatic N) is 1. The van der Waals surface area contributed by atoms with Crippen LogP contribution in [-0.2, 0) is 0 Å². The van der Waals surface area contributed by atoms with Crippen molar-refractivity contribution < 1.29 is 4.74 Å². The molecule has 0 saturated heterocycles. The van der Waals surface area contributed by atoms with Crippen LogP contribution < -0.4 is 16.0 Å². The minimum atomic E-state index is 0.743. The van der Waals surface area contributed by atoms with Gasteiger partial charge in [0.1, 0.15) is 5.75 Å². The summed E-state index contributed by atoms with van der Waals surface area (Å²) < 4.78 is 5.69. The Morgan fingerprint density at radius 1 is 1.33 bits per heavy atom. The largest absolute Gasteiger partial charge is 0.494 e. The van der Waals surface area contributed by atoms with Crippen molar-refractivity contribution >= 4 is 16.6 Å². The Balaban J connectivity index is 2.34. The number of anilines is 1. The van der Waals surface area contributed by atoms with Crippen LogP contribution in [0.3, 0.4) is 0 Å². The number of benzene rings is 1. The van der Waals surface area contributed by atoms with Gasteiger partial charge in [0.2, 0.25) is 0 Å². The number of nitrogens with two attached hydrogens (primary N) is 1. The molecule has 0 aliphatic rings. The number of pyridine rings is 1. The summed E-state index contributed by atoms with van der Waals surface area (Å²) in [5, 5.41) is 0.983. The van der Waals surface area contributed by atoms with Crippen LogP contribution in [0.4, 0.5) is 5.69 Å². The highest BCUT2D eigenvalue weighted by Gasteiger charge is 2.04. The summed E-state index contributed by atoms with van der Waals surface area (Å²) in [6.07, 6.45) is 2.19. The maximum Gasteiger partial charge on any atom is 0.120 e. The Morgan fingerprint density at radius 3 is 2.89 bits per heavy atom. The lowest BCUT2D eigenvalue weighted by Crippen LogP contribution is -2.08. The standard InChI is InChI=1S/C14H19N3O/c1-3-4-7-18-11-5-6-13-12(9-11)14(17-15)8-10(2)16-13/h5-6,8-9H,3-4,7,15H2,1-2H3,(H,16,17). The number of fused-ring (bicyclic) bond motifs is 1. The Labute approximate surface area is 107 Å². The number of unbranched alkanes of at least 4 members (excludes halogenated alkanes) is 1. The van der Waals surface area contributed by atoms with E-state index in [1.807, 2.05) is 31.2 Å². The van der Waals surface area contributed by atoms with Crippen molar-refractivity contribution in [2.75, 3.05) is 12.0 Å². The summed E-state index contributed by atoms with van der Waals surface area (Å²) >= 11 is 0. The number of aromatic nitrogens is 1. The predicted octanol–water partition coefficient (Wildman–Crippen LogP) is 3.01. The molecule has 3 N–H and O–H groups in total. The third kappa shape index (κ3) is 2.71. The molecule has 0 spiro atoms. The molecule has 1 aromatic heterocycles. The third-order valence-corrected chi connectivity index (χ3v) is 2.83. The smallest absolute Gasteiger partial charge is 0.120 e. The maximum absolute atomic E-state index is 5.69. The van der Waals surface area contributed by atoms with Gasteiger partial charge >= 0.3 is 0 Å². The first-order valence-corrected chi connectivity index (χ1v) is 6.25. The zero-order valence-electron chi connectivity index (χ0n) is 10.9. The van der Waals surface area contributed by atoms with Crippen LogP contribution in [0, 0.1) is 6.92 Å². The number of hydrazine groups is 1. The molecule has 4 nitrogen and oxygen atoms in total. The van der Waals surface area contributed by atoms with Gasteiger partial charge in [-0.3, -0.25) is 10.8 Å². The first kappa shape index (κ1) is 12.6. The predicted molar refractivity (Wildman–Crippen MR) is 74.7 cm³/mol. The van der Waals surface area contributed by atoms with E-state index >= 15 is 0 Å². The summed E-state index contributed by atoms with van der Waals surface area (Å²) in [6.45, 7) is 4.84. The second-order valence-electron chi connectivity index (χ2n) is 4.34. The van der Waals surface area contributed by atoms with Gasteiger partial charge in [0.15, 0.2) is 0 Å². The van der Waals surface area contributed by atoms with Crippen molar-refractivity contribution in [3.8, 4) is 5.75 Å². The summed E-state index contributed by atoms with van der Waals surface area (Å²) in [4.78, 5) is 4.47. The molecule has 0 unspecified atom stereocenters. The fraction of sp³-hybridized carbons (Fsp3) is 0.357. The van der Waals surface area contributed by atoms with E-state index in [4.69, 9.17) is 10.6 Å². The van der Waals surface area contributed by atoms with Crippen LogP contribution >= 0.6 is 0 Å². The Morgan fingerprint density at radius 2 is 2.17 bits per heavy atom. The second kappa shape index (κ2) is 5.69. The Bertz CT molecular complexity index is 540. The van der Waals surface area contributed by atoms with Gasteiger partial charge in [-0.2, -0.15) is 0 Å². The van der Waals surface area contributed by atoms with E-state index in [-0.39, 0.29) is 0 Å². The summed E-state index contributed by atoms with van der Waals surface area (Å²) in [6, 6.07) is 7.82. The molecule has 0 fully saturated rings. The molecule has 1 heterocycles. The number of hydrogen-bond acceptors (Lipinski definition) is 4. The number of rotatable bonds is 5. The van der Waals surface area contributed by atoms with Crippen molar-refractivity contribution in [2.24, 2.45) is 5.84 Å². The van der Waals surface area contributed by atoms with Crippen molar-refractivity contribution in [3.63, 3.8) is 0 Å². The fourth-order valence-electron chi connectivity index (χ4n) is 1.88. The van der Waals surface area contributed by atoms with E-state index in [1.54, 1.807) is 0 Å². The van der Waals surface area contributed by atoms with Gasteiger partial charge in [0.25, 0.3) is 0 Å². The van der Waals surface area contributed by atoms with E-state index in [1.165, 1.54) is 0 Å². The molecule has 1 aromatic carbocycles. The number of ether oxygens (including phenoxy) is 1. The lowest BCUT2D eigenvalue weighted by molar-refractivity contribution is 0.310. The van der Waals surface area contributed by atoms with Crippen molar-refractivity contribution in [3.05, 3.63) is 30.0 Å². The minimum absolute atomic E-state index is 0.743. The normalized spacial score (nSPS) is 10.6. The van der Waals surface area contributed by atoms with Crippen LogP contribution in [0.5, 0.6) is 5.75 Å². The highest BCUT2D eigenvalue weighted by molar-refractivity contribution is 5.92. The zero-order valence-corrected chi connectivity index (χ0v) is 10.9. The molecule has 0 aliphatic heterocycles. The highest BCUT2D eigenvalue weighted by Crippen LogP contribution is 2.26. The van der Waals surface area contributed by atoms with Gasteiger partial charge in [-0.15, -0.1) is 0 Å². The van der Waals surface area contributed by atoms with Crippen LogP contribution in [0.25, 0.3) is 10.9 Å². The van der Waals surface area contributed by atoms with Crippen LogP contribution in [0.15, 0.2) is 24.3 Å². The second-order valence-corrected chi connectivity index (χ2v) is 4.34. The first-order valence-electron chi connectivity index (χ1n) is 6.25. The lowest BCUT2D eigenvalue weighted by atomic mass is 10.1. The SMILES string of the molecule is CCCCOc1ccc2nc(C)cc(NN)c2c1. The van der Waals surface area contributed by atoms with Gasteiger partial charge in [-0.05, 0) is 37.6 Å². The number of aryl methyl sites for hydroxylation is 1. The zero-order chi connectivity index (χ0) is 13.0. The third-order valence-electron chi connectivity index (χ3n) is 2.83. The van der Waals surface area contributed by atoms with Crippen molar-refractivity contribution in [1.29, 1.82) is 0 Å². The molecule has 2 aromatic rings. The first-order chi connectivity index (χ1) is 8.74. The summed E-state index contributed by atoms with van der Waals surface area (Å²) in [5.41, 5.74) is 5.45. The minimum Gasteiger partial charge on any atom is -0.494 e. The fourth-order valence-corrected chi connectivity index (χ4v) is 1.88. The monoisotopic (exact) mass is 245 g/mol. The molecule has 0 saturated carbocycles. The molecule has 0 aliphatic carbocycles. The van der Waals surface area contributed by atoms with Gasteiger partial charge in [0, 0.05) is 11.1 Å². The molecular weight excluding hydrogens is 226 g/mol. The van der Waals surface area contributed by atoms with Gasteiger partial charge in [0.05, 0.1) is 17.8 Å².